The predicted octanol–water partition coefficient (Wildman–Crippen LogP) is 4.38. The molecule has 0 saturated heterocycles. The molecule has 0 aliphatic rings. The lowest BCUT2D eigenvalue weighted by Crippen LogP contribution is -2.26. The van der Waals surface area contributed by atoms with Gasteiger partial charge in [0.15, 0.2) is 0 Å². The molecule has 0 N–H and O–H groups in total. The molecule has 110 valence electrons. The van der Waals surface area contributed by atoms with E-state index < -0.39 is 0 Å². The van der Waals surface area contributed by atoms with Crippen molar-refractivity contribution in [2.45, 2.75) is 6.54 Å². The van der Waals surface area contributed by atoms with Gasteiger partial charge in [0, 0.05) is 18.1 Å². The molecule has 2 rings (SSSR count). The number of carbonyl (C=O) groups is 1. The monoisotopic (exact) mass is 367 g/mol. The summed E-state index contributed by atoms with van der Waals surface area (Å²) in [6, 6.07) is 12.9. The number of amides is 1. The van der Waals surface area contributed by atoms with E-state index in [1.165, 1.54) is 0 Å². The summed E-state index contributed by atoms with van der Waals surface area (Å²) in [6.45, 7) is 0.506. The number of ether oxygens (including phenoxy) is 1. The van der Waals surface area contributed by atoms with E-state index in [1.807, 2.05) is 30.3 Å². The number of hydrogen-bond acceptors (Lipinski definition) is 2. The molecule has 0 atom stereocenters. The molecule has 21 heavy (non-hydrogen) atoms. The van der Waals surface area contributed by atoms with Gasteiger partial charge in [0.2, 0.25) is 0 Å². The van der Waals surface area contributed by atoms with Crippen LogP contribution in [0.5, 0.6) is 5.75 Å². The molecule has 1 amide bonds. The zero-order valence-electron chi connectivity index (χ0n) is 11.8. The first-order valence-electron chi connectivity index (χ1n) is 6.35. The topological polar surface area (TPSA) is 29.5 Å². The van der Waals surface area contributed by atoms with Crippen LogP contribution in [-0.4, -0.2) is 25.0 Å². The number of benzene rings is 2. The molecule has 0 aliphatic heterocycles. The van der Waals surface area contributed by atoms with Crippen molar-refractivity contribution in [3.8, 4) is 5.75 Å². The Morgan fingerprint density at radius 3 is 2.52 bits per heavy atom. The van der Waals surface area contributed by atoms with Crippen LogP contribution in [0.25, 0.3) is 0 Å². The number of methoxy groups -OCH3 is 1. The quantitative estimate of drug-likeness (QED) is 0.801. The Labute approximate surface area is 137 Å². The van der Waals surface area contributed by atoms with Crippen LogP contribution < -0.4 is 4.74 Å². The number of rotatable bonds is 4. The molecule has 0 saturated carbocycles. The average molecular weight is 369 g/mol. The zero-order valence-corrected chi connectivity index (χ0v) is 14.1. The summed E-state index contributed by atoms with van der Waals surface area (Å²) in [6.07, 6.45) is 0. The molecule has 0 bridgehead atoms. The summed E-state index contributed by atoms with van der Waals surface area (Å²) in [5, 5.41) is 0.434. The highest BCUT2D eigenvalue weighted by molar-refractivity contribution is 9.10. The van der Waals surface area contributed by atoms with Gasteiger partial charge in [-0.1, -0.05) is 29.8 Å². The van der Waals surface area contributed by atoms with Crippen molar-refractivity contribution in [3.05, 3.63) is 63.1 Å². The Morgan fingerprint density at radius 1 is 1.24 bits per heavy atom. The molecule has 0 heterocycles. The normalized spacial score (nSPS) is 10.3. The van der Waals surface area contributed by atoms with Crippen molar-refractivity contribution >= 4 is 33.4 Å². The van der Waals surface area contributed by atoms with E-state index in [9.17, 15) is 4.79 Å². The maximum absolute atomic E-state index is 12.4. The van der Waals surface area contributed by atoms with E-state index in [2.05, 4.69) is 15.9 Å². The summed E-state index contributed by atoms with van der Waals surface area (Å²) >= 11 is 9.49. The summed E-state index contributed by atoms with van der Waals surface area (Å²) in [4.78, 5) is 14.1. The molecule has 0 fully saturated rings. The first kappa shape index (κ1) is 15.9. The third kappa shape index (κ3) is 3.77. The molecular formula is C16H15BrClNO2. The van der Waals surface area contributed by atoms with Crippen LogP contribution in [-0.2, 0) is 6.54 Å². The fraction of sp³-hybridized carbons (Fsp3) is 0.188. The smallest absolute Gasteiger partial charge is 0.255 e. The second-order valence-corrected chi connectivity index (χ2v) is 5.84. The van der Waals surface area contributed by atoms with Gasteiger partial charge in [0.05, 0.1) is 17.7 Å². The summed E-state index contributed by atoms with van der Waals surface area (Å²) in [5.74, 6) is 0.680. The summed E-state index contributed by atoms with van der Waals surface area (Å²) in [7, 11) is 3.38. The number of hydrogen-bond donors (Lipinski definition) is 0. The molecule has 2 aromatic rings. The number of nitrogens with zero attached hydrogens (tertiary/aromatic N) is 1. The molecule has 2 aromatic carbocycles. The van der Waals surface area contributed by atoms with E-state index in [0.29, 0.717) is 21.6 Å². The van der Waals surface area contributed by atoms with Gasteiger partial charge in [-0.05, 0) is 45.8 Å². The standard InChI is InChI=1S/C16H15BrClNO2/c1-19(10-11-6-8-12(21-2)9-7-11)16(20)13-4-3-5-14(17)15(13)18/h3-9H,10H2,1-2H3. The van der Waals surface area contributed by atoms with Gasteiger partial charge in [-0.25, -0.2) is 0 Å². The minimum absolute atomic E-state index is 0.114. The van der Waals surface area contributed by atoms with Crippen molar-refractivity contribution in [2.75, 3.05) is 14.2 Å². The van der Waals surface area contributed by atoms with E-state index in [-0.39, 0.29) is 5.91 Å². The van der Waals surface area contributed by atoms with Gasteiger partial charge < -0.3 is 9.64 Å². The van der Waals surface area contributed by atoms with Gasteiger partial charge >= 0.3 is 0 Å². The lowest BCUT2D eigenvalue weighted by atomic mass is 10.1. The van der Waals surface area contributed by atoms with Crippen molar-refractivity contribution in [1.82, 2.24) is 4.90 Å². The van der Waals surface area contributed by atoms with E-state index in [4.69, 9.17) is 16.3 Å². The molecule has 0 unspecified atom stereocenters. The second kappa shape index (κ2) is 6.96. The second-order valence-electron chi connectivity index (χ2n) is 4.61. The Bertz CT molecular complexity index is 643. The zero-order chi connectivity index (χ0) is 15.4. The Hall–Kier alpha value is -1.52. The fourth-order valence-corrected chi connectivity index (χ4v) is 2.52. The van der Waals surface area contributed by atoms with Crippen molar-refractivity contribution in [2.24, 2.45) is 0 Å². The van der Waals surface area contributed by atoms with Crippen molar-refractivity contribution < 1.29 is 9.53 Å². The molecule has 0 aliphatic carbocycles. The molecule has 0 aromatic heterocycles. The minimum atomic E-state index is -0.114. The van der Waals surface area contributed by atoms with E-state index >= 15 is 0 Å². The van der Waals surface area contributed by atoms with Crippen LogP contribution in [0, 0.1) is 0 Å². The van der Waals surface area contributed by atoms with Gasteiger partial charge in [-0.3, -0.25) is 4.79 Å². The SMILES string of the molecule is COc1ccc(CN(C)C(=O)c2cccc(Br)c2Cl)cc1. The van der Waals surface area contributed by atoms with Crippen LogP contribution in [0.2, 0.25) is 5.02 Å². The highest BCUT2D eigenvalue weighted by Crippen LogP contribution is 2.27. The fourth-order valence-electron chi connectivity index (χ4n) is 1.95. The Balaban J connectivity index is 2.13. The van der Waals surface area contributed by atoms with Crippen molar-refractivity contribution in [1.29, 1.82) is 0 Å². The molecule has 5 heteroatoms. The molecular weight excluding hydrogens is 354 g/mol. The van der Waals surface area contributed by atoms with Gasteiger partial charge in [0.25, 0.3) is 5.91 Å². The summed E-state index contributed by atoms with van der Waals surface area (Å²) < 4.78 is 5.83. The third-order valence-electron chi connectivity index (χ3n) is 3.11. The van der Waals surface area contributed by atoms with Crippen LogP contribution in [0.4, 0.5) is 0 Å². The molecule has 0 radical (unpaired) electrons. The lowest BCUT2D eigenvalue weighted by Gasteiger charge is -2.18. The molecule has 3 nitrogen and oxygen atoms in total. The van der Waals surface area contributed by atoms with Crippen LogP contribution in [0.3, 0.4) is 0 Å². The average Bonchev–Trinajstić information content (AvgIpc) is 2.50. The van der Waals surface area contributed by atoms with E-state index in [0.717, 1.165) is 11.3 Å². The first-order chi connectivity index (χ1) is 10.0. The highest BCUT2D eigenvalue weighted by atomic mass is 79.9. The lowest BCUT2D eigenvalue weighted by molar-refractivity contribution is 0.0785. The highest BCUT2D eigenvalue weighted by Gasteiger charge is 2.16. The Kier molecular flexibility index (Phi) is 5.26. The third-order valence-corrected chi connectivity index (χ3v) is 4.40. The predicted molar refractivity (Wildman–Crippen MR) is 87.9 cm³/mol. The molecule has 0 spiro atoms. The minimum Gasteiger partial charge on any atom is -0.497 e. The number of carbonyl (C=O) groups excluding carboxylic acids is 1. The van der Waals surface area contributed by atoms with E-state index in [1.54, 1.807) is 31.2 Å². The number of halogens is 2. The van der Waals surface area contributed by atoms with Gasteiger partial charge in [-0.2, -0.15) is 0 Å². The maximum atomic E-state index is 12.4. The van der Waals surface area contributed by atoms with Crippen molar-refractivity contribution in [3.63, 3.8) is 0 Å². The largest absolute Gasteiger partial charge is 0.497 e. The summed E-state index contributed by atoms with van der Waals surface area (Å²) in [5.41, 5.74) is 1.51. The van der Waals surface area contributed by atoms with Crippen LogP contribution >= 0.6 is 27.5 Å². The Morgan fingerprint density at radius 2 is 1.90 bits per heavy atom. The van der Waals surface area contributed by atoms with Crippen LogP contribution in [0.1, 0.15) is 15.9 Å². The maximum Gasteiger partial charge on any atom is 0.255 e. The van der Waals surface area contributed by atoms with Gasteiger partial charge in [-0.15, -0.1) is 0 Å². The van der Waals surface area contributed by atoms with Gasteiger partial charge in [0.1, 0.15) is 5.75 Å². The van der Waals surface area contributed by atoms with Crippen LogP contribution in [0.15, 0.2) is 46.9 Å². The first-order valence-corrected chi connectivity index (χ1v) is 7.52.